The summed E-state index contributed by atoms with van der Waals surface area (Å²) in [5, 5.41) is 2.81. The first-order valence-corrected chi connectivity index (χ1v) is 8.94. The Morgan fingerprint density at radius 3 is 2.46 bits per heavy atom. The summed E-state index contributed by atoms with van der Waals surface area (Å²) in [7, 11) is -2.08. The van der Waals surface area contributed by atoms with Gasteiger partial charge in [0.1, 0.15) is 0 Å². The molecular weight excluding hydrogens is 324 g/mol. The average molecular weight is 344 g/mol. The summed E-state index contributed by atoms with van der Waals surface area (Å²) >= 11 is 0. The molecule has 0 saturated carbocycles. The molecule has 2 aromatic carbocycles. The maximum Gasteiger partial charge on any atom is 0.244 e. The van der Waals surface area contributed by atoms with Gasteiger partial charge in [-0.3, -0.25) is 4.79 Å². The van der Waals surface area contributed by atoms with E-state index >= 15 is 0 Å². The number of amides is 1. The van der Waals surface area contributed by atoms with E-state index in [1.54, 1.807) is 18.2 Å². The lowest BCUT2D eigenvalue weighted by Gasteiger charge is -2.04. The lowest BCUT2D eigenvalue weighted by Crippen LogP contribution is -2.20. The fourth-order valence-corrected chi connectivity index (χ4v) is 2.85. The Balaban J connectivity index is 1.94. The molecule has 0 radical (unpaired) electrons. The number of hydrogen-bond acceptors (Lipinski definition) is 3. The van der Waals surface area contributed by atoms with Gasteiger partial charge < -0.3 is 5.32 Å². The highest BCUT2D eigenvalue weighted by Gasteiger charge is 2.09. The van der Waals surface area contributed by atoms with Crippen LogP contribution >= 0.6 is 0 Å². The number of rotatable bonds is 6. The molecule has 0 fully saturated rings. The van der Waals surface area contributed by atoms with Crippen LogP contribution in [0, 0.1) is 6.92 Å². The van der Waals surface area contributed by atoms with Crippen molar-refractivity contribution in [1.29, 1.82) is 0 Å². The largest absolute Gasteiger partial charge is 0.348 e. The van der Waals surface area contributed by atoms with Crippen molar-refractivity contribution >= 4 is 22.0 Å². The van der Waals surface area contributed by atoms with Gasteiger partial charge in [-0.15, -0.1) is 0 Å². The van der Waals surface area contributed by atoms with E-state index in [4.69, 9.17) is 0 Å². The van der Waals surface area contributed by atoms with Crippen LogP contribution in [0.25, 0.3) is 6.08 Å². The molecule has 0 aromatic heterocycles. The Morgan fingerprint density at radius 2 is 1.83 bits per heavy atom. The molecule has 24 heavy (non-hydrogen) atoms. The number of benzene rings is 2. The smallest absolute Gasteiger partial charge is 0.244 e. The highest BCUT2D eigenvalue weighted by Crippen LogP contribution is 2.11. The summed E-state index contributed by atoms with van der Waals surface area (Å²) in [6.07, 6.45) is 3.07. The van der Waals surface area contributed by atoms with Crippen molar-refractivity contribution < 1.29 is 13.2 Å². The molecule has 2 rings (SSSR count). The predicted molar refractivity (Wildman–Crippen MR) is 94.7 cm³/mol. The summed E-state index contributed by atoms with van der Waals surface area (Å²) in [4.78, 5) is 12.0. The standard InChI is InChI=1S/C18H20N2O3S/c1-14-4-3-5-16(12-14)13-20-18(21)11-8-15-6-9-17(10-7-15)24(22,23)19-2/h3-12,19H,13H2,1-2H3,(H,20,21)/b11-8+. The van der Waals surface area contributed by atoms with Gasteiger partial charge in [-0.2, -0.15) is 0 Å². The minimum Gasteiger partial charge on any atom is -0.348 e. The zero-order valence-electron chi connectivity index (χ0n) is 13.6. The molecule has 0 atom stereocenters. The molecule has 0 aliphatic carbocycles. The maximum atomic E-state index is 11.8. The van der Waals surface area contributed by atoms with Gasteiger partial charge in [0.15, 0.2) is 0 Å². The molecule has 2 N–H and O–H groups in total. The zero-order chi connectivity index (χ0) is 17.6. The third kappa shape index (κ3) is 5.04. The molecule has 2 aromatic rings. The van der Waals surface area contributed by atoms with Crippen molar-refractivity contribution in [2.45, 2.75) is 18.4 Å². The monoisotopic (exact) mass is 344 g/mol. The Labute approximate surface area is 142 Å². The number of carbonyl (C=O) groups is 1. The minimum atomic E-state index is -3.44. The zero-order valence-corrected chi connectivity index (χ0v) is 14.4. The first-order valence-electron chi connectivity index (χ1n) is 7.46. The summed E-state index contributed by atoms with van der Waals surface area (Å²) in [5.74, 6) is -0.205. The molecule has 6 heteroatoms. The van der Waals surface area contributed by atoms with Gasteiger partial charge in [0.25, 0.3) is 0 Å². The fraction of sp³-hybridized carbons (Fsp3) is 0.167. The lowest BCUT2D eigenvalue weighted by molar-refractivity contribution is -0.116. The molecule has 5 nitrogen and oxygen atoms in total. The van der Waals surface area contributed by atoms with Gasteiger partial charge in [0, 0.05) is 12.6 Å². The number of aryl methyl sites for hydroxylation is 1. The Hall–Kier alpha value is -2.44. The van der Waals surface area contributed by atoms with Crippen molar-refractivity contribution in [2.75, 3.05) is 7.05 Å². The van der Waals surface area contributed by atoms with Crippen molar-refractivity contribution in [2.24, 2.45) is 0 Å². The summed E-state index contributed by atoms with van der Waals surface area (Å²) in [6.45, 7) is 2.47. The van der Waals surface area contributed by atoms with Crippen molar-refractivity contribution in [3.63, 3.8) is 0 Å². The number of sulfonamides is 1. The highest BCUT2D eigenvalue weighted by molar-refractivity contribution is 7.89. The third-order valence-corrected chi connectivity index (χ3v) is 4.87. The van der Waals surface area contributed by atoms with Gasteiger partial charge in [0.05, 0.1) is 4.90 Å². The molecular formula is C18H20N2O3S. The number of hydrogen-bond donors (Lipinski definition) is 2. The molecule has 126 valence electrons. The normalized spacial score (nSPS) is 11.6. The Kier molecular flexibility index (Phi) is 5.89. The van der Waals surface area contributed by atoms with Crippen LogP contribution in [0.1, 0.15) is 16.7 Å². The van der Waals surface area contributed by atoms with Crippen LogP contribution in [0.3, 0.4) is 0 Å². The topological polar surface area (TPSA) is 75.3 Å². The molecule has 0 bridgehead atoms. The van der Waals surface area contributed by atoms with E-state index in [1.807, 2.05) is 31.2 Å². The second kappa shape index (κ2) is 7.90. The quantitative estimate of drug-likeness (QED) is 0.789. The van der Waals surface area contributed by atoms with E-state index in [2.05, 4.69) is 10.0 Å². The lowest BCUT2D eigenvalue weighted by atomic mass is 10.1. The predicted octanol–water partition coefficient (Wildman–Crippen LogP) is 2.23. The van der Waals surface area contributed by atoms with Gasteiger partial charge in [-0.05, 0) is 43.3 Å². The van der Waals surface area contributed by atoms with Crippen LogP contribution in [-0.2, 0) is 21.4 Å². The van der Waals surface area contributed by atoms with E-state index in [9.17, 15) is 13.2 Å². The Bertz CT molecular complexity index is 841. The van der Waals surface area contributed by atoms with Gasteiger partial charge in [-0.25, -0.2) is 13.1 Å². The van der Waals surface area contributed by atoms with Crippen molar-refractivity contribution in [3.8, 4) is 0 Å². The van der Waals surface area contributed by atoms with Gasteiger partial charge in [0.2, 0.25) is 15.9 Å². The third-order valence-electron chi connectivity index (χ3n) is 3.44. The minimum absolute atomic E-state index is 0.186. The molecule has 0 aliphatic heterocycles. The van der Waals surface area contributed by atoms with E-state index in [0.29, 0.717) is 6.54 Å². The van der Waals surface area contributed by atoms with Crippen LogP contribution in [0.5, 0.6) is 0 Å². The molecule has 0 heterocycles. The molecule has 0 saturated heterocycles. The highest BCUT2D eigenvalue weighted by atomic mass is 32.2. The number of nitrogens with one attached hydrogen (secondary N) is 2. The van der Waals surface area contributed by atoms with Gasteiger partial charge in [-0.1, -0.05) is 42.0 Å². The fourth-order valence-electron chi connectivity index (χ4n) is 2.12. The van der Waals surface area contributed by atoms with Crippen molar-refractivity contribution in [3.05, 3.63) is 71.3 Å². The molecule has 0 spiro atoms. The van der Waals surface area contributed by atoms with Crippen LogP contribution in [0.4, 0.5) is 0 Å². The second-order valence-electron chi connectivity index (χ2n) is 5.32. The average Bonchev–Trinajstić information content (AvgIpc) is 2.58. The summed E-state index contributed by atoms with van der Waals surface area (Å²) < 4.78 is 25.5. The summed E-state index contributed by atoms with van der Waals surface area (Å²) in [5.41, 5.74) is 2.93. The van der Waals surface area contributed by atoms with Crippen LogP contribution in [0.15, 0.2) is 59.5 Å². The van der Waals surface area contributed by atoms with Crippen LogP contribution in [0.2, 0.25) is 0 Å². The first-order chi connectivity index (χ1) is 11.4. The van der Waals surface area contributed by atoms with E-state index in [-0.39, 0.29) is 10.8 Å². The van der Waals surface area contributed by atoms with Gasteiger partial charge >= 0.3 is 0 Å². The van der Waals surface area contributed by atoms with E-state index in [0.717, 1.165) is 16.7 Å². The van der Waals surface area contributed by atoms with Crippen LogP contribution < -0.4 is 10.0 Å². The summed E-state index contributed by atoms with van der Waals surface area (Å²) in [6, 6.07) is 14.2. The molecule has 0 unspecified atom stereocenters. The number of carbonyl (C=O) groups excluding carboxylic acids is 1. The van der Waals surface area contributed by atoms with Crippen LogP contribution in [-0.4, -0.2) is 21.4 Å². The SMILES string of the molecule is CNS(=O)(=O)c1ccc(/C=C/C(=O)NCc2cccc(C)c2)cc1. The Morgan fingerprint density at radius 1 is 1.12 bits per heavy atom. The second-order valence-corrected chi connectivity index (χ2v) is 7.20. The maximum absolute atomic E-state index is 11.8. The van der Waals surface area contributed by atoms with E-state index < -0.39 is 10.0 Å². The van der Waals surface area contributed by atoms with Crippen molar-refractivity contribution in [1.82, 2.24) is 10.0 Å². The molecule has 1 amide bonds. The molecule has 0 aliphatic rings. The first kappa shape index (κ1) is 17.9. The van der Waals surface area contributed by atoms with E-state index in [1.165, 1.54) is 25.3 Å².